The fraction of sp³-hybridized carbons (Fsp3) is 0.542. The van der Waals surface area contributed by atoms with E-state index >= 15 is 0 Å². The van der Waals surface area contributed by atoms with Gasteiger partial charge in [-0.25, -0.2) is 0 Å². The number of rotatable bonds is 35. The first kappa shape index (κ1) is 67.0. The maximum absolute atomic E-state index is 14.3. The van der Waals surface area contributed by atoms with Crippen molar-refractivity contribution in [3.63, 3.8) is 0 Å². The highest BCUT2D eigenvalue weighted by Crippen LogP contribution is 2.16. The van der Waals surface area contributed by atoms with Gasteiger partial charge in [0.2, 0.25) is 53.2 Å². The lowest BCUT2D eigenvalue weighted by Gasteiger charge is -2.34. The highest BCUT2D eigenvalue weighted by Gasteiger charge is 2.41. The van der Waals surface area contributed by atoms with E-state index in [1.54, 1.807) is 69.3 Å². The Hall–Kier alpha value is -7.23. The summed E-state index contributed by atoms with van der Waals surface area (Å²) in [6, 6.07) is 24.2. The molecular formula is C59H90N12O9. The van der Waals surface area contributed by atoms with E-state index in [1.807, 2.05) is 42.5 Å². The van der Waals surface area contributed by atoms with Crippen LogP contribution in [-0.4, -0.2) is 139 Å². The molecule has 440 valence electrons. The topological polar surface area (TPSA) is 312 Å². The molecule has 3 rings (SSSR count). The summed E-state index contributed by atoms with van der Waals surface area (Å²) < 4.78 is 0. The van der Waals surface area contributed by atoms with Crippen molar-refractivity contribution in [3.05, 3.63) is 108 Å². The Balaban J connectivity index is 1.63. The second-order valence-electron chi connectivity index (χ2n) is 21.8. The molecule has 0 saturated carbocycles. The van der Waals surface area contributed by atoms with Crippen LogP contribution in [0.3, 0.4) is 0 Å². The fourth-order valence-corrected chi connectivity index (χ4v) is 8.26. The number of nitrogens with two attached hydrogens (primary N) is 1. The quantitative estimate of drug-likeness (QED) is 0.0373. The number of carbonyl (C=O) groups is 9. The predicted molar refractivity (Wildman–Crippen MR) is 309 cm³/mol. The summed E-state index contributed by atoms with van der Waals surface area (Å²) >= 11 is 0. The van der Waals surface area contributed by atoms with Crippen molar-refractivity contribution >= 4 is 53.2 Å². The van der Waals surface area contributed by atoms with Gasteiger partial charge in [-0.05, 0) is 130 Å². The van der Waals surface area contributed by atoms with E-state index in [0.717, 1.165) is 55.6 Å². The molecule has 21 nitrogen and oxygen atoms in total. The van der Waals surface area contributed by atoms with Gasteiger partial charge in [0.05, 0.1) is 6.54 Å². The van der Waals surface area contributed by atoms with Crippen LogP contribution < -0.4 is 64.2 Å². The summed E-state index contributed by atoms with van der Waals surface area (Å²) in [4.78, 5) is 122. The van der Waals surface area contributed by atoms with E-state index < -0.39 is 100.0 Å². The van der Waals surface area contributed by atoms with Gasteiger partial charge in [-0.15, -0.1) is 0 Å². The number of carbonyl (C=O) groups excluding carboxylic acids is 9. The molecule has 0 radical (unpaired) electrons. The maximum atomic E-state index is 14.3. The Morgan fingerprint density at radius 3 is 1.48 bits per heavy atom. The van der Waals surface area contributed by atoms with Crippen molar-refractivity contribution < 1.29 is 43.2 Å². The number of nitrogens with one attached hydrogen (secondary N) is 11. The molecule has 0 heterocycles. The molecule has 0 unspecified atom stereocenters. The summed E-state index contributed by atoms with van der Waals surface area (Å²) in [6.45, 7) is 18.0. The molecule has 3 aromatic rings. The highest BCUT2D eigenvalue weighted by molar-refractivity contribution is 6.00. The minimum absolute atomic E-state index is 0.0624. The first-order valence-electron chi connectivity index (χ1n) is 27.8. The van der Waals surface area contributed by atoms with E-state index in [1.165, 1.54) is 48.5 Å². The zero-order valence-electron chi connectivity index (χ0n) is 48.6. The zero-order chi connectivity index (χ0) is 59.5. The van der Waals surface area contributed by atoms with Crippen molar-refractivity contribution in [2.45, 2.75) is 167 Å². The average Bonchev–Trinajstić information content (AvgIpc) is 3.46. The molecule has 6 atom stereocenters. The Labute approximate surface area is 472 Å². The third-order valence-electron chi connectivity index (χ3n) is 13.8. The SMILES string of the molecule is CC[C@](C)(NC(=O)[C@H](C)NC(=O)C(C)(C)NC(=O)C(C)(C)NC(=O)[C@H](Cc1ccccc1)NC(C)=O)C(=O)NCC(=O)N[C@@H](Cc1ccccc1)C(=O)N[C@@](C)(CC)C(=O)N[C@H](CNCCCNCCCCN)Cc1ccccc1. The van der Waals surface area contributed by atoms with Gasteiger partial charge in [-0.2, -0.15) is 0 Å². The first-order chi connectivity index (χ1) is 37.8. The van der Waals surface area contributed by atoms with Gasteiger partial charge in [0.15, 0.2) is 0 Å². The molecule has 13 N–H and O–H groups in total. The lowest BCUT2D eigenvalue weighted by molar-refractivity contribution is -0.139. The standard InChI is InChI=1S/C59H90N12O9/c1-11-58(9,69-49(74)40(3)64-52(77)56(5,6)71-53(78)57(7,8)68-50(75)46(65-41(4)72)36-43-27-18-14-19-28-43)54(79)63-39-48(73)67-47(37-44-29-20-15-21-30-44)51(76)70-59(10,12-2)55(80)66-45(35-42-25-16-13-17-26-42)38-62-34-24-33-61-32-23-22-31-60/h13-21,25-30,40,45-47,61-62H,11-12,22-24,31-39,60H2,1-10H3,(H,63,79)(H,64,77)(H,65,72)(H,66,80)(H,67,73)(H,68,75)(H,69,74)(H,70,76)(H,71,78)/t40-,45-,46-,47-,58-,59-/m0/s1. The average molecular weight is 1110 g/mol. The van der Waals surface area contributed by atoms with Gasteiger partial charge in [0, 0.05) is 32.4 Å². The van der Waals surface area contributed by atoms with Crippen LogP contribution in [0.2, 0.25) is 0 Å². The van der Waals surface area contributed by atoms with Crippen LogP contribution in [0.4, 0.5) is 0 Å². The van der Waals surface area contributed by atoms with Crippen LogP contribution >= 0.6 is 0 Å². The number of hydrogen-bond donors (Lipinski definition) is 12. The Morgan fingerprint density at radius 1 is 0.487 bits per heavy atom. The fourth-order valence-electron chi connectivity index (χ4n) is 8.26. The van der Waals surface area contributed by atoms with E-state index in [0.29, 0.717) is 19.5 Å². The van der Waals surface area contributed by atoms with Crippen LogP contribution in [-0.2, 0) is 62.4 Å². The van der Waals surface area contributed by atoms with Crippen molar-refractivity contribution in [1.82, 2.24) is 58.5 Å². The normalized spacial score (nSPS) is 14.4. The summed E-state index contributed by atoms with van der Waals surface area (Å²) in [5, 5.41) is 31.4. The summed E-state index contributed by atoms with van der Waals surface area (Å²) in [5.41, 5.74) is 2.01. The van der Waals surface area contributed by atoms with E-state index in [2.05, 4.69) is 58.5 Å². The molecule has 3 aromatic carbocycles. The van der Waals surface area contributed by atoms with Crippen LogP contribution in [0, 0.1) is 0 Å². The lowest BCUT2D eigenvalue weighted by atomic mass is 9.94. The molecule has 0 aliphatic rings. The van der Waals surface area contributed by atoms with Gasteiger partial charge < -0.3 is 64.2 Å². The van der Waals surface area contributed by atoms with Gasteiger partial charge in [0.1, 0.15) is 40.3 Å². The summed E-state index contributed by atoms with van der Waals surface area (Å²) in [7, 11) is 0. The molecule has 9 amide bonds. The molecule has 0 aromatic heterocycles. The predicted octanol–water partition coefficient (Wildman–Crippen LogP) is 1.48. The number of amides is 9. The molecule has 0 spiro atoms. The third-order valence-corrected chi connectivity index (χ3v) is 13.8. The number of hydrogen-bond acceptors (Lipinski definition) is 12. The van der Waals surface area contributed by atoms with Crippen LogP contribution in [0.1, 0.15) is 118 Å². The Kier molecular flexibility index (Phi) is 27.4. The Morgan fingerprint density at radius 2 is 0.950 bits per heavy atom. The summed E-state index contributed by atoms with van der Waals surface area (Å²) in [6.07, 6.45) is 3.95. The lowest BCUT2D eigenvalue weighted by Crippen LogP contribution is -2.66. The molecule has 0 bridgehead atoms. The van der Waals surface area contributed by atoms with Gasteiger partial charge in [0.25, 0.3) is 0 Å². The number of unbranched alkanes of at least 4 members (excludes halogenated alkanes) is 1. The third kappa shape index (κ3) is 22.9. The molecule has 80 heavy (non-hydrogen) atoms. The molecule has 0 saturated heterocycles. The van der Waals surface area contributed by atoms with E-state index in [9.17, 15) is 43.2 Å². The minimum Gasteiger partial charge on any atom is -0.350 e. The molecule has 0 fully saturated rings. The van der Waals surface area contributed by atoms with Gasteiger partial charge >= 0.3 is 0 Å². The maximum Gasteiger partial charge on any atom is 0.246 e. The Bertz CT molecular complexity index is 2500. The van der Waals surface area contributed by atoms with E-state index in [4.69, 9.17) is 5.73 Å². The number of benzene rings is 3. The monoisotopic (exact) mass is 1110 g/mol. The van der Waals surface area contributed by atoms with Crippen molar-refractivity contribution in [2.24, 2.45) is 5.73 Å². The van der Waals surface area contributed by atoms with Gasteiger partial charge in [-0.1, -0.05) is 105 Å². The molecule has 0 aliphatic carbocycles. The minimum atomic E-state index is -1.62. The smallest absolute Gasteiger partial charge is 0.246 e. The van der Waals surface area contributed by atoms with Crippen molar-refractivity contribution in [2.75, 3.05) is 39.3 Å². The van der Waals surface area contributed by atoms with Gasteiger partial charge in [-0.3, -0.25) is 43.2 Å². The van der Waals surface area contributed by atoms with Crippen molar-refractivity contribution in [1.29, 1.82) is 0 Å². The largest absolute Gasteiger partial charge is 0.350 e. The highest BCUT2D eigenvalue weighted by atomic mass is 16.2. The van der Waals surface area contributed by atoms with Crippen LogP contribution in [0.25, 0.3) is 0 Å². The molecule has 0 aliphatic heterocycles. The second kappa shape index (κ2) is 32.7. The molecular weight excluding hydrogens is 1020 g/mol. The van der Waals surface area contributed by atoms with Crippen LogP contribution in [0.15, 0.2) is 91.0 Å². The zero-order valence-corrected chi connectivity index (χ0v) is 48.6. The van der Waals surface area contributed by atoms with E-state index in [-0.39, 0.29) is 31.7 Å². The summed E-state index contributed by atoms with van der Waals surface area (Å²) in [5.74, 6) is -5.74. The second-order valence-corrected chi connectivity index (χ2v) is 21.8. The molecule has 21 heteroatoms. The van der Waals surface area contributed by atoms with Crippen molar-refractivity contribution in [3.8, 4) is 0 Å². The first-order valence-corrected chi connectivity index (χ1v) is 27.8. The van der Waals surface area contributed by atoms with Crippen LogP contribution in [0.5, 0.6) is 0 Å².